The van der Waals surface area contributed by atoms with Gasteiger partial charge >= 0.3 is 0 Å². The van der Waals surface area contributed by atoms with E-state index in [2.05, 4.69) is 32.1 Å². The fourth-order valence-corrected chi connectivity index (χ4v) is 2.37. The summed E-state index contributed by atoms with van der Waals surface area (Å²) in [4.78, 5) is 17.7. The molecule has 1 atom stereocenters. The molecule has 2 heterocycles. The Balaban J connectivity index is 2.33. The maximum Gasteiger partial charge on any atom is 0.232 e. The first-order chi connectivity index (χ1) is 9.11. The molecule has 106 valence electrons. The zero-order valence-corrected chi connectivity index (χ0v) is 12.3. The average molecular weight is 264 g/mol. The van der Waals surface area contributed by atoms with Gasteiger partial charge in [0.25, 0.3) is 0 Å². The highest BCUT2D eigenvalue weighted by molar-refractivity contribution is 5.44. The predicted octanol–water partition coefficient (Wildman–Crippen LogP) is 1.75. The van der Waals surface area contributed by atoms with Gasteiger partial charge in [0.1, 0.15) is 0 Å². The van der Waals surface area contributed by atoms with Crippen molar-refractivity contribution in [2.24, 2.45) is 0 Å². The van der Waals surface area contributed by atoms with Gasteiger partial charge in [0.05, 0.1) is 0 Å². The molecule has 1 saturated heterocycles. The summed E-state index contributed by atoms with van der Waals surface area (Å²) in [7, 11) is 5.74. The number of nitrogens with zero attached hydrogens (tertiary/aromatic N) is 5. The van der Waals surface area contributed by atoms with E-state index in [0.717, 1.165) is 12.5 Å². The molecule has 1 unspecified atom stereocenters. The molecule has 1 aromatic rings. The van der Waals surface area contributed by atoms with E-state index in [1.54, 1.807) is 0 Å². The van der Waals surface area contributed by atoms with Crippen molar-refractivity contribution in [2.75, 3.05) is 42.8 Å². The minimum atomic E-state index is 0.490. The van der Waals surface area contributed by atoms with Crippen molar-refractivity contribution >= 4 is 17.8 Å². The van der Waals surface area contributed by atoms with Gasteiger partial charge in [0, 0.05) is 33.7 Å². The van der Waals surface area contributed by atoms with Gasteiger partial charge < -0.3 is 15.1 Å². The number of hydrogen-bond acceptors (Lipinski definition) is 6. The summed E-state index contributed by atoms with van der Waals surface area (Å²) in [5.41, 5.74) is 0. The topological polar surface area (TPSA) is 57.2 Å². The number of rotatable bonds is 3. The van der Waals surface area contributed by atoms with Crippen molar-refractivity contribution in [1.29, 1.82) is 0 Å². The lowest BCUT2D eigenvalue weighted by atomic mass is 10.1. The van der Waals surface area contributed by atoms with E-state index in [1.165, 1.54) is 25.7 Å². The lowest BCUT2D eigenvalue weighted by molar-refractivity contribution is 0.604. The number of hydrogen-bond donors (Lipinski definition) is 1. The first kappa shape index (κ1) is 13.8. The Morgan fingerprint density at radius 3 is 2.63 bits per heavy atom. The van der Waals surface area contributed by atoms with Crippen molar-refractivity contribution in [3.63, 3.8) is 0 Å². The van der Waals surface area contributed by atoms with Crippen LogP contribution < -0.4 is 15.1 Å². The Hall–Kier alpha value is -1.59. The van der Waals surface area contributed by atoms with Gasteiger partial charge in [-0.3, -0.25) is 0 Å². The Labute approximate surface area is 115 Å². The van der Waals surface area contributed by atoms with Gasteiger partial charge in [-0.15, -0.1) is 0 Å². The Kier molecular flexibility index (Phi) is 4.39. The van der Waals surface area contributed by atoms with E-state index in [0.29, 0.717) is 17.9 Å². The molecule has 1 aliphatic heterocycles. The van der Waals surface area contributed by atoms with E-state index >= 15 is 0 Å². The fraction of sp³-hybridized carbons (Fsp3) is 0.769. The molecule has 1 fully saturated rings. The summed E-state index contributed by atoms with van der Waals surface area (Å²) in [6.45, 7) is 3.28. The molecule has 0 aromatic carbocycles. The maximum atomic E-state index is 4.59. The first-order valence-electron chi connectivity index (χ1n) is 6.99. The molecular weight excluding hydrogens is 240 g/mol. The van der Waals surface area contributed by atoms with Crippen LogP contribution in [-0.2, 0) is 0 Å². The molecular formula is C13H24N6. The largest absolute Gasteiger partial charge is 0.357 e. The molecule has 19 heavy (non-hydrogen) atoms. The average Bonchev–Trinajstić information content (AvgIpc) is 2.62. The van der Waals surface area contributed by atoms with E-state index in [9.17, 15) is 0 Å². The van der Waals surface area contributed by atoms with Crippen molar-refractivity contribution in [1.82, 2.24) is 15.0 Å². The minimum Gasteiger partial charge on any atom is -0.357 e. The van der Waals surface area contributed by atoms with Gasteiger partial charge in [-0.2, -0.15) is 15.0 Å². The third kappa shape index (κ3) is 3.24. The summed E-state index contributed by atoms with van der Waals surface area (Å²) in [6.07, 6.45) is 5.01. The smallest absolute Gasteiger partial charge is 0.232 e. The highest BCUT2D eigenvalue weighted by atomic mass is 15.4. The van der Waals surface area contributed by atoms with Crippen molar-refractivity contribution < 1.29 is 0 Å². The molecule has 1 N–H and O–H groups in total. The minimum absolute atomic E-state index is 0.490. The molecule has 0 spiro atoms. The monoisotopic (exact) mass is 264 g/mol. The Morgan fingerprint density at radius 1 is 1.16 bits per heavy atom. The lowest BCUT2D eigenvalue weighted by Gasteiger charge is -2.27. The SMILES string of the molecule is CNc1nc(N(C)C)nc(N2CCCCCC2C)n1. The molecule has 0 bridgehead atoms. The Morgan fingerprint density at radius 2 is 1.95 bits per heavy atom. The first-order valence-corrected chi connectivity index (χ1v) is 6.99. The third-order valence-electron chi connectivity index (χ3n) is 3.55. The molecule has 2 rings (SSSR count). The van der Waals surface area contributed by atoms with Crippen LogP contribution in [0.2, 0.25) is 0 Å². The molecule has 6 heteroatoms. The number of aromatic nitrogens is 3. The highest BCUT2D eigenvalue weighted by Gasteiger charge is 2.21. The molecule has 1 aromatic heterocycles. The second kappa shape index (κ2) is 6.04. The zero-order chi connectivity index (χ0) is 13.8. The van der Waals surface area contributed by atoms with Gasteiger partial charge in [-0.05, 0) is 19.8 Å². The summed E-state index contributed by atoms with van der Waals surface area (Å²) >= 11 is 0. The van der Waals surface area contributed by atoms with Crippen LogP contribution in [0.15, 0.2) is 0 Å². The standard InChI is InChI=1S/C13H24N6/c1-10-8-6-5-7-9-19(10)13-16-11(14-2)15-12(17-13)18(3)4/h10H,5-9H2,1-4H3,(H,14,15,16,17). The van der Waals surface area contributed by atoms with Crippen LogP contribution in [0.4, 0.5) is 17.8 Å². The molecule has 0 amide bonds. The summed E-state index contributed by atoms with van der Waals surface area (Å²) < 4.78 is 0. The van der Waals surface area contributed by atoms with Crippen molar-refractivity contribution in [3.8, 4) is 0 Å². The highest BCUT2D eigenvalue weighted by Crippen LogP contribution is 2.23. The second-order valence-corrected chi connectivity index (χ2v) is 5.30. The van der Waals surface area contributed by atoms with Gasteiger partial charge in [-0.1, -0.05) is 12.8 Å². The van der Waals surface area contributed by atoms with Crippen LogP contribution in [-0.4, -0.2) is 48.7 Å². The summed E-state index contributed by atoms with van der Waals surface area (Å²) in [5, 5.41) is 3.02. The van der Waals surface area contributed by atoms with Gasteiger partial charge in [-0.25, -0.2) is 0 Å². The molecule has 6 nitrogen and oxygen atoms in total. The van der Waals surface area contributed by atoms with Crippen molar-refractivity contribution in [2.45, 2.75) is 38.6 Å². The number of nitrogens with one attached hydrogen (secondary N) is 1. The molecule has 0 aliphatic carbocycles. The molecule has 0 radical (unpaired) electrons. The molecule has 1 aliphatic rings. The van der Waals surface area contributed by atoms with Gasteiger partial charge in [0.15, 0.2) is 0 Å². The van der Waals surface area contributed by atoms with Crippen molar-refractivity contribution in [3.05, 3.63) is 0 Å². The quantitative estimate of drug-likeness (QED) is 0.897. The lowest BCUT2D eigenvalue weighted by Crippen LogP contribution is -2.34. The van der Waals surface area contributed by atoms with E-state index in [-0.39, 0.29) is 0 Å². The van der Waals surface area contributed by atoms with Crippen LogP contribution in [0.25, 0.3) is 0 Å². The van der Waals surface area contributed by atoms with E-state index in [4.69, 9.17) is 0 Å². The second-order valence-electron chi connectivity index (χ2n) is 5.30. The zero-order valence-electron chi connectivity index (χ0n) is 12.3. The van der Waals surface area contributed by atoms with Crippen LogP contribution in [0.1, 0.15) is 32.6 Å². The van der Waals surface area contributed by atoms with Crippen LogP contribution >= 0.6 is 0 Å². The van der Waals surface area contributed by atoms with Crippen LogP contribution in [0.3, 0.4) is 0 Å². The molecule has 0 saturated carbocycles. The predicted molar refractivity (Wildman–Crippen MR) is 79.0 cm³/mol. The summed E-state index contributed by atoms with van der Waals surface area (Å²) in [5.74, 6) is 2.12. The van der Waals surface area contributed by atoms with Crippen LogP contribution in [0, 0.1) is 0 Å². The third-order valence-corrected chi connectivity index (χ3v) is 3.55. The normalized spacial score (nSPS) is 20.0. The summed E-state index contributed by atoms with van der Waals surface area (Å²) in [6, 6.07) is 0.490. The number of anilines is 3. The van der Waals surface area contributed by atoms with Gasteiger partial charge in [0.2, 0.25) is 17.8 Å². The maximum absolute atomic E-state index is 4.59. The van der Waals surface area contributed by atoms with Crippen LogP contribution in [0.5, 0.6) is 0 Å². The Bertz CT molecular complexity index is 420. The van der Waals surface area contributed by atoms with E-state index < -0.39 is 0 Å². The fourth-order valence-electron chi connectivity index (χ4n) is 2.37. The van der Waals surface area contributed by atoms with E-state index in [1.807, 2.05) is 26.0 Å².